The van der Waals surface area contributed by atoms with Crippen molar-refractivity contribution in [3.63, 3.8) is 0 Å². The Morgan fingerprint density at radius 3 is 2.10 bits per heavy atom. The fourth-order valence-electron chi connectivity index (χ4n) is 1.92. The summed E-state index contributed by atoms with van der Waals surface area (Å²) in [5.41, 5.74) is 1.67. The highest BCUT2D eigenvalue weighted by atomic mass is 35.5. The third-order valence-corrected chi connectivity index (χ3v) is 3.40. The first-order valence-corrected chi connectivity index (χ1v) is 7.25. The lowest BCUT2D eigenvalue weighted by atomic mass is 10.0. The van der Waals surface area contributed by atoms with Gasteiger partial charge in [-0.2, -0.15) is 0 Å². The number of hydrogen-bond donors (Lipinski definition) is 1. The highest BCUT2D eigenvalue weighted by molar-refractivity contribution is 6.30. The van der Waals surface area contributed by atoms with E-state index in [-0.39, 0.29) is 0 Å². The molecule has 2 aromatic rings. The largest absolute Gasteiger partial charge is 0.494 e. The van der Waals surface area contributed by atoms with E-state index in [1.54, 1.807) is 12.1 Å². The minimum Gasteiger partial charge on any atom is -0.494 e. The SMILES string of the molecule is CCCCOc1ccc(C(O)c2ccc(Cl)cc2)cc1. The van der Waals surface area contributed by atoms with E-state index in [1.807, 2.05) is 36.4 Å². The van der Waals surface area contributed by atoms with E-state index in [2.05, 4.69) is 6.92 Å². The van der Waals surface area contributed by atoms with Crippen molar-refractivity contribution in [1.29, 1.82) is 0 Å². The summed E-state index contributed by atoms with van der Waals surface area (Å²) < 4.78 is 5.60. The van der Waals surface area contributed by atoms with Crippen LogP contribution in [0.4, 0.5) is 0 Å². The predicted molar refractivity (Wildman–Crippen MR) is 82.4 cm³/mol. The van der Waals surface area contributed by atoms with Gasteiger partial charge in [0, 0.05) is 5.02 Å². The maximum absolute atomic E-state index is 10.3. The Bertz CT molecular complexity index is 520. The van der Waals surface area contributed by atoms with Gasteiger partial charge >= 0.3 is 0 Å². The Kier molecular flexibility index (Phi) is 5.45. The van der Waals surface area contributed by atoms with Crippen molar-refractivity contribution in [3.05, 3.63) is 64.7 Å². The van der Waals surface area contributed by atoms with E-state index in [0.29, 0.717) is 5.02 Å². The molecule has 0 heterocycles. The third kappa shape index (κ3) is 3.99. The maximum Gasteiger partial charge on any atom is 0.119 e. The molecule has 106 valence electrons. The Morgan fingerprint density at radius 1 is 1.00 bits per heavy atom. The lowest BCUT2D eigenvalue weighted by molar-refractivity contribution is 0.220. The molecule has 1 atom stereocenters. The van der Waals surface area contributed by atoms with Crippen molar-refractivity contribution in [2.24, 2.45) is 0 Å². The van der Waals surface area contributed by atoms with Crippen molar-refractivity contribution in [2.45, 2.75) is 25.9 Å². The Balaban J connectivity index is 2.03. The fourth-order valence-corrected chi connectivity index (χ4v) is 2.04. The highest BCUT2D eigenvalue weighted by Gasteiger charge is 2.10. The van der Waals surface area contributed by atoms with Crippen molar-refractivity contribution >= 4 is 11.6 Å². The zero-order valence-electron chi connectivity index (χ0n) is 11.6. The summed E-state index contributed by atoms with van der Waals surface area (Å²) in [6.07, 6.45) is 1.53. The molecular weight excluding hydrogens is 272 g/mol. The van der Waals surface area contributed by atoms with Gasteiger partial charge in [-0.05, 0) is 41.8 Å². The van der Waals surface area contributed by atoms with E-state index in [4.69, 9.17) is 16.3 Å². The van der Waals surface area contributed by atoms with Gasteiger partial charge in [0.2, 0.25) is 0 Å². The number of ether oxygens (including phenoxy) is 1. The summed E-state index contributed by atoms with van der Waals surface area (Å²) in [4.78, 5) is 0. The second-order valence-electron chi connectivity index (χ2n) is 4.73. The molecule has 0 amide bonds. The van der Waals surface area contributed by atoms with Crippen molar-refractivity contribution in [2.75, 3.05) is 6.61 Å². The highest BCUT2D eigenvalue weighted by Crippen LogP contribution is 2.25. The predicted octanol–water partition coefficient (Wildman–Crippen LogP) is 4.60. The van der Waals surface area contributed by atoms with Gasteiger partial charge in [-0.3, -0.25) is 0 Å². The fraction of sp³-hybridized carbons (Fsp3) is 0.294. The van der Waals surface area contributed by atoms with Crippen LogP contribution >= 0.6 is 11.6 Å². The molecule has 0 spiro atoms. The van der Waals surface area contributed by atoms with E-state index < -0.39 is 6.10 Å². The molecule has 1 N–H and O–H groups in total. The average Bonchev–Trinajstić information content (AvgIpc) is 2.48. The Labute approximate surface area is 125 Å². The molecule has 0 aliphatic heterocycles. The molecule has 2 nitrogen and oxygen atoms in total. The van der Waals surface area contributed by atoms with Crippen molar-refractivity contribution < 1.29 is 9.84 Å². The lowest BCUT2D eigenvalue weighted by Crippen LogP contribution is -2.00. The second-order valence-corrected chi connectivity index (χ2v) is 5.16. The van der Waals surface area contributed by atoms with Gasteiger partial charge in [0.05, 0.1) is 6.61 Å². The van der Waals surface area contributed by atoms with Gasteiger partial charge in [0.15, 0.2) is 0 Å². The molecule has 0 aliphatic rings. The molecule has 0 aromatic heterocycles. The number of aliphatic hydroxyl groups excluding tert-OH is 1. The summed E-state index contributed by atoms with van der Waals surface area (Å²) >= 11 is 5.85. The number of benzene rings is 2. The standard InChI is InChI=1S/C17H19ClO2/c1-2-3-12-20-16-10-6-14(7-11-16)17(19)13-4-8-15(18)9-5-13/h4-11,17,19H,2-3,12H2,1H3. The lowest BCUT2D eigenvalue weighted by Gasteiger charge is -2.12. The van der Waals surface area contributed by atoms with Gasteiger partial charge in [0.1, 0.15) is 11.9 Å². The number of rotatable bonds is 6. The van der Waals surface area contributed by atoms with Crippen LogP contribution in [0, 0.1) is 0 Å². The molecule has 1 unspecified atom stereocenters. The van der Waals surface area contributed by atoms with E-state index in [0.717, 1.165) is 36.3 Å². The van der Waals surface area contributed by atoms with Gasteiger partial charge in [-0.1, -0.05) is 49.2 Å². The molecule has 0 radical (unpaired) electrons. The van der Waals surface area contributed by atoms with Crippen LogP contribution in [0.5, 0.6) is 5.75 Å². The normalized spacial score (nSPS) is 12.2. The Hall–Kier alpha value is -1.51. The van der Waals surface area contributed by atoms with Crippen molar-refractivity contribution in [1.82, 2.24) is 0 Å². The zero-order chi connectivity index (χ0) is 14.4. The third-order valence-electron chi connectivity index (χ3n) is 3.15. The quantitative estimate of drug-likeness (QED) is 0.788. The molecule has 2 aromatic carbocycles. The minimum atomic E-state index is -0.642. The molecule has 0 bridgehead atoms. The topological polar surface area (TPSA) is 29.5 Å². The van der Waals surface area contributed by atoms with Crippen LogP contribution in [0.3, 0.4) is 0 Å². The van der Waals surface area contributed by atoms with Crippen LogP contribution < -0.4 is 4.74 Å². The summed E-state index contributed by atoms with van der Waals surface area (Å²) in [7, 11) is 0. The summed E-state index contributed by atoms with van der Waals surface area (Å²) in [5, 5.41) is 11.0. The van der Waals surface area contributed by atoms with E-state index in [1.165, 1.54) is 0 Å². The van der Waals surface area contributed by atoms with Gasteiger partial charge in [0.25, 0.3) is 0 Å². The number of aliphatic hydroxyl groups is 1. The first-order valence-electron chi connectivity index (χ1n) is 6.87. The summed E-state index contributed by atoms with van der Waals surface area (Å²) in [5.74, 6) is 0.838. The molecular formula is C17H19ClO2. The average molecular weight is 291 g/mol. The second kappa shape index (κ2) is 7.32. The Morgan fingerprint density at radius 2 is 1.55 bits per heavy atom. The molecule has 0 aliphatic carbocycles. The molecule has 0 fully saturated rings. The molecule has 3 heteroatoms. The van der Waals surface area contributed by atoms with Crippen molar-refractivity contribution in [3.8, 4) is 5.75 Å². The molecule has 0 saturated carbocycles. The number of unbranched alkanes of at least 4 members (excludes halogenated alkanes) is 1. The van der Waals surface area contributed by atoms with Crippen LogP contribution in [0.15, 0.2) is 48.5 Å². The summed E-state index contributed by atoms with van der Waals surface area (Å²) in [6, 6.07) is 14.8. The first-order chi connectivity index (χ1) is 9.70. The van der Waals surface area contributed by atoms with Gasteiger partial charge in [-0.15, -0.1) is 0 Å². The van der Waals surface area contributed by atoms with E-state index in [9.17, 15) is 5.11 Å². The van der Waals surface area contributed by atoms with Crippen LogP contribution in [0.1, 0.15) is 37.0 Å². The smallest absolute Gasteiger partial charge is 0.119 e. The number of hydrogen-bond acceptors (Lipinski definition) is 2. The summed E-state index contributed by atoms with van der Waals surface area (Å²) in [6.45, 7) is 2.87. The maximum atomic E-state index is 10.3. The molecule has 2 rings (SSSR count). The molecule has 0 saturated heterocycles. The molecule has 20 heavy (non-hydrogen) atoms. The van der Waals surface area contributed by atoms with Gasteiger partial charge < -0.3 is 9.84 Å². The zero-order valence-corrected chi connectivity index (χ0v) is 12.3. The van der Waals surface area contributed by atoms with E-state index >= 15 is 0 Å². The van der Waals surface area contributed by atoms with Crippen LogP contribution in [0.2, 0.25) is 5.02 Å². The minimum absolute atomic E-state index is 0.642. The first kappa shape index (κ1) is 14.9. The van der Waals surface area contributed by atoms with Gasteiger partial charge in [-0.25, -0.2) is 0 Å². The number of halogens is 1. The monoisotopic (exact) mass is 290 g/mol. The van der Waals surface area contributed by atoms with Crippen LogP contribution in [-0.4, -0.2) is 11.7 Å². The van der Waals surface area contributed by atoms with Crippen LogP contribution in [-0.2, 0) is 0 Å². The van der Waals surface area contributed by atoms with Crippen LogP contribution in [0.25, 0.3) is 0 Å².